The zero-order valence-electron chi connectivity index (χ0n) is 12.5. The summed E-state index contributed by atoms with van der Waals surface area (Å²) in [7, 11) is 1.55. The Hall–Kier alpha value is -1.95. The molecule has 21 heavy (non-hydrogen) atoms. The number of nitrogens with one attached hydrogen (secondary N) is 2. The van der Waals surface area contributed by atoms with Crippen molar-refractivity contribution in [1.29, 1.82) is 0 Å². The molecule has 1 aromatic rings. The molecule has 0 bridgehead atoms. The predicted molar refractivity (Wildman–Crippen MR) is 81.5 cm³/mol. The van der Waals surface area contributed by atoms with Crippen LogP contribution in [0.5, 0.6) is 11.5 Å². The maximum Gasteiger partial charge on any atom is 0.260 e. The molecular weight excluding hydrogens is 270 g/mol. The zero-order chi connectivity index (χ0) is 15.2. The van der Waals surface area contributed by atoms with Crippen LogP contribution in [-0.2, 0) is 4.79 Å². The highest BCUT2D eigenvalue weighted by Gasteiger charge is 2.21. The largest absolute Gasteiger partial charge is 0.493 e. The second-order valence-electron chi connectivity index (χ2n) is 5.20. The fourth-order valence-corrected chi connectivity index (χ4v) is 2.31. The number of amides is 1. The van der Waals surface area contributed by atoms with Crippen LogP contribution in [0.15, 0.2) is 18.2 Å². The summed E-state index contributed by atoms with van der Waals surface area (Å²) in [6.07, 6.45) is 1.29. The highest BCUT2D eigenvalue weighted by Crippen LogP contribution is 2.29. The van der Waals surface area contributed by atoms with Crippen molar-refractivity contribution in [2.24, 2.45) is 0 Å². The van der Waals surface area contributed by atoms with E-state index >= 15 is 0 Å². The summed E-state index contributed by atoms with van der Waals surface area (Å²) in [4.78, 5) is 12.2. The number of nitrogen functional groups attached to an aromatic ring is 1. The molecular formula is C15H23N3O3. The van der Waals surface area contributed by atoms with Crippen LogP contribution in [0.1, 0.15) is 19.8 Å². The SMILES string of the molecule is COc1ccc(N)cc1OC(C)C(=O)NC1CCNCC1. The van der Waals surface area contributed by atoms with Gasteiger partial charge in [-0.25, -0.2) is 0 Å². The van der Waals surface area contributed by atoms with Gasteiger partial charge in [-0.15, -0.1) is 0 Å². The molecule has 1 heterocycles. The first-order valence-electron chi connectivity index (χ1n) is 7.21. The van der Waals surface area contributed by atoms with E-state index in [2.05, 4.69) is 10.6 Å². The smallest absolute Gasteiger partial charge is 0.260 e. The third kappa shape index (κ3) is 4.26. The molecule has 0 spiro atoms. The molecule has 1 aliphatic rings. The molecule has 1 atom stereocenters. The fraction of sp³-hybridized carbons (Fsp3) is 0.533. The van der Waals surface area contributed by atoms with Crippen molar-refractivity contribution in [2.75, 3.05) is 25.9 Å². The normalized spacial score (nSPS) is 17.0. The molecule has 116 valence electrons. The van der Waals surface area contributed by atoms with E-state index < -0.39 is 6.10 Å². The number of nitrogens with two attached hydrogens (primary N) is 1. The number of methoxy groups -OCH3 is 1. The molecule has 0 aliphatic carbocycles. The molecule has 1 saturated heterocycles. The van der Waals surface area contributed by atoms with Gasteiger partial charge in [0.2, 0.25) is 0 Å². The van der Waals surface area contributed by atoms with Crippen molar-refractivity contribution in [1.82, 2.24) is 10.6 Å². The average molecular weight is 293 g/mol. The molecule has 1 aliphatic heterocycles. The highest BCUT2D eigenvalue weighted by atomic mass is 16.5. The van der Waals surface area contributed by atoms with E-state index in [1.165, 1.54) is 0 Å². The van der Waals surface area contributed by atoms with Gasteiger partial charge in [0.05, 0.1) is 7.11 Å². The van der Waals surface area contributed by atoms with Gasteiger partial charge in [0.1, 0.15) is 0 Å². The van der Waals surface area contributed by atoms with Crippen LogP contribution < -0.4 is 25.8 Å². The third-order valence-corrected chi connectivity index (χ3v) is 3.55. The third-order valence-electron chi connectivity index (χ3n) is 3.55. The first-order valence-corrected chi connectivity index (χ1v) is 7.21. The maximum absolute atomic E-state index is 12.2. The van der Waals surface area contributed by atoms with Crippen molar-refractivity contribution in [3.8, 4) is 11.5 Å². The quantitative estimate of drug-likeness (QED) is 0.703. The van der Waals surface area contributed by atoms with E-state index in [9.17, 15) is 4.79 Å². The number of carbonyl (C=O) groups excluding carboxylic acids is 1. The van der Waals surface area contributed by atoms with Gasteiger partial charge in [-0.3, -0.25) is 4.79 Å². The Kier molecular flexibility index (Phi) is 5.27. The Labute approximate surface area is 125 Å². The van der Waals surface area contributed by atoms with Gasteiger partial charge >= 0.3 is 0 Å². The van der Waals surface area contributed by atoms with E-state index in [1.807, 2.05) is 0 Å². The lowest BCUT2D eigenvalue weighted by Crippen LogP contribution is -2.47. The summed E-state index contributed by atoms with van der Waals surface area (Å²) in [5.41, 5.74) is 6.31. The monoisotopic (exact) mass is 293 g/mol. The molecule has 1 amide bonds. The molecule has 0 aromatic heterocycles. The van der Waals surface area contributed by atoms with E-state index in [0.29, 0.717) is 17.2 Å². The lowest BCUT2D eigenvalue weighted by atomic mass is 10.1. The van der Waals surface area contributed by atoms with Gasteiger partial charge < -0.3 is 25.8 Å². The van der Waals surface area contributed by atoms with Crippen LogP contribution in [0.2, 0.25) is 0 Å². The van der Waals surface area contributed by atoms with Crippen molar-refractivity contribution >= 4 is 11.6 Å². The van der Waals surface area contributed by atoms with Crippen molar-refractivity contribution in [2.45, 2.75) is 31.9 Å². The van der Waals surface area contributed by atoms with Crippen molar-refractivity contribution in [3.63, 3.8) is 0 Å². The lowest BCUT2D eigenvalue weighted by Gasteiger charge is -2.25. The number of hydrogen-bond donors (Lipinski definition) is 3. The van der Waals surface area contributed by atoms with Crippen LogP contribution in [0.25, 0.3) is 0 Å². The number of hydrogen-bond acceptors (Lipinski definition) is 5. The summed E-state index contributed by atoms with van der Waals surface area (Å²) in [5, 5.41) is 6.28. The maximum atomic E-state index is 12.2. The minimum Gasteiger partial charge on any atom is -0.493 e. The topological polar surface area (TPSA) is 85.6 Å². The standard InChI is InChI=1S/C15H23N3O3/c1-10(15(19)18-12-5-7-17-8-6-12)21-14-9-11(16)3-4-13(14)20-2/h3-4,9-10,12,17H,5-8,16H2,1-2H3,(H,18,19). The van der Waals surface area contributed by atoms with E-state index in [-0.39, 0.29) is 11.9 Å². The summed E-state index contributed by atoms with van der Waals surface area (Å²) in [6.45, 7) is 3.59. The fourth-order valence-electron chi connectivity index (χ4n) is 2.31. The summed E-state index contributed by atoms with van der Waals surface area (Å²) < 4.78 is 10.9. The molecule has 6 nitrogen and oxygen atoms in total. The van der Waals surface area contributed by atoms with Gasteiger partial charge in [0, 0.05) is 17.8 Å². The van der Waals surface area contributed by atoms with E-state index in [0.717, 1.165) is 25.9 Å². The number of rotatable bonds is 5. The Morgan fingerprint density at radius 1 is 1.38 bits per heavy atom. The number of anilines is 1. The number of benzene rings is 1. The van der Waals surface area contributed by atoms with Gasteiger partial charge in [0.25, 0.3) is 5.91 Å². The number of ether oxygens (including phenoxy) is 2. The minimum atomic E-state index is -0.601. The molecule has 1 unspecified atom stereocenters. The van der Waals surface area contributed by atoms with Gasteiger partial charge in [-0.2, -0.15) is 0 Å². The molecule has 1 fully saturated rings. The summed E-state index contributed by atoms with van der Waals surface area (Å²) in [6, 6.07) is 5.33. The molecule has 6 heteroatoms. The molecule has 1 aromatic carbocycles. The molecule has 4 N–H and O–H groups in total. The number of carbonyl (C=O) groups is 1. The second kappa shape index (κ2) is 7.17. The Bertz CT molecular complexity index is 487. The average Bonchev–Trinajstić information content (AvgIpc) is 2.48. The van der Waals surface area contributed by atoms with Crippen LogP contribution in [0.3, 0.4) is 0 Å². The first kappa shape index (κ1) is 15.4. The Morgan fingerprint density at radius 3 is 2.76 bits per heavy atom. The van der Waals surface area contributed by atoms with Crippen LogP contribution in [0.4, 0.5) is 5.69 Å². The molecule has 2 rings (SSSR count). The van der Waals surface area contributed by atoms with E-state index in [1.54, 1.807) is 32.2 Å². The van der Waals surface area contributed by atoms with Crippen LogP contribution in [0, 0.1) is 0 Å². The first-order chi connectivity index (χ1) is 10.1. The summed E-state index contributed by atoms with van der Waals surface area (Å²) in [5.74, 6) is 0.919. The van der Waals surface area contributed by atoms with Crippen molar-refractivity contribution < 1.29 is 14.3 Å². The van der Waals surface area contributed by atoms with E-state index in [4.69, 9.17) is 15.2 Å². The van der Waals surface area contributed by atoms with Gasteiger partial charge in [0.15, 0.2) is 17.6 Å². The van der Waals surface area contributed by atoms with Crippen LogP contribution in [-0.4, -0.2) is 38.3 Å². The van der Waals surface area contributed by atoms with Crippen molar-refractivity contribution in [3.05, 3.63) is 18.2 Å². The van der Waals surface area contributed by atoms with Gasteiger partial charge in [-0.1, -0.05) is 0 Å². The molecule has 0 radical (unpaired) electrons. The zero-order valence-corrected chi connectivity index (χ0v) is 12.5. The van der Waals surface area contributed by atoms with Gasteiger partial charge in [-0.05, 0) is 45.0 Å². The minimum absolute atomic E-state index is 0.119. The lowest BCUT2D eigenvalue weighted by molar-refractivity contribution is -0.128. The van der Waals surface area contributed by atoms with Crippen LogP contribution >= 0.6 is 0 Å². The Morgan fingerprint density at radius 2 is 2.10 bits per heavy atom. The molecule has 0 saturated carbocycles. The predicted octanol–water partition coefficient (Wildman–Crippen LogP) is 0.913. The second-order valence-corrected chi connectivity index (χ2v) is 5.20. The Balaban J connectivity index is 1.95. The number of piperidine rings is 1. The summed E-state index contributed by atoms with van der Waals surface area (Å²) >= 11 is 0. The highest BCUT2D eigenvalue weighted by molar-refractivity contribution is 5.81.